The standard InChI is InChI=1S/C18H20FN3O2/c1-24-12-16(23)22-10-2-3-14(11-22)18-17(20-8-9-21-18)13-4-6-15(19)7-5-13/h4-9,14H,2-3,10-12H2,1H3. The van der Waals surface area contributed by atoms with Crippen LogP contribution in [0.15, 0.2) is 36.7 Å². The van der Waals surface area contributed by atoms with Crippen LogP contribution < -0.4 is 0 Å². The highest BCUT2D eigenvalue weighted by molar-refractivity contribution is 5.77. The van der Waals surface area contributed by atoms with Crippen LogP contribution in [0.3, 0.4) is 0 Å². The molecule has 6 heteroatoms. The third-order valence-corrected chi connectivity index (χ3v) is 4.27. The Hall–Kier alpha value is -2.34. The first-order valence-corrected chi connectivity index (χ1v) is 8.02. The monoisotopic (exact) mass is 329 g/mol. The Morgan fingerprint density at radius 2 is 2.04 bits per heavy atom. The van der Waals surface area contributed by atoms with Crippen molar-refractivity contribution in [1.82, 2.24) is 14.9 Å². The number of carbonyl (C=O) groups excluding carboxylic acids is 1. The first kappa shape index (κ1) is 16.5. The zero-order chi connectivity index (χ0) is 16.9. The minimum Gasteiger partial charge on any atom is -0.375 e. The van der Waals surface area contributed by atoms with Crippen LogP contribution in [0.5, 0.6) is 0 Å². The molecule has 3 rings (SSSR count). The molecule has 1 unspecified atom stereocenters. The lowest BCUT2D eigenvalue weighted by molar-refractivity contribution is -0.136. The molecule has 0 aliphatic carbocycles. The maximum Gasteiger partial charge on any atom is 0.248 e. The number of rotatable bonds is 4. The molecule has 1 aromatic carbocycles. The summed E-state index contributed by atoms with van der Waals surface area (Å²) in [6.07, 6.45) is 5.17. The number of hydrogen-bond donors (Lipinski definition) is 0. The topological polar surface area (TPSA) is 55.3 Å². The molecule has 1 amide bonds. The number of nitrogens with zero attached hydrogens (tertiary/aromatic N) is 3. The maximum atomic E-state index is 13.2. The van der Waals surface area contributed by atoms with Crippen molar-refractivity contribution in [2.45, 2.75) is 18.8 Å². The molecule has 2 aromatic rings. The van der Waals surface area contributed by atoms with E-state index in [1.165, 1.54) is 19.2 Å². The van der Waals surface area contributed by atoms with Crippen molar-refractivity contribution in [3.05, 3.63) is 48.2 Å². The lowest BCUT2D eigenvalue weighted by Gasteiger charge is -2.33. The highest BCUT2D eigenvalue weighted by Gasteiger charge is 2.27. The molecule has 1 saturated heterocycles. The van der Waals surface area contributed by atoms with Gasteiger partial charge in [-0.25, -0.2) is 4.39 Å². The summed E-state index contributed by atoms with van der Waals surface area (Å²) in [4.78, 5) is 22.9. The van der Waals surface area contributed by atoms with Crippen LogP contribution in [0.4, 0.5) is 4.39 Å². The summed E-state index contributed by atoms with van der Waals surface area (Å²) in [7, 11) is 1.52. The average molecular weight is 329 g/mol. The molecule has 1 aliphatic rings. The molecule has 1 aromatic heterocycles. The van der Waals surface area contributed by atoms with Crippen LogP contribution in [0.2, 0.25) is 0 Å². The molecular weight excluding hydrogens is 309 g/mol. The molecule has 1 aliphatic heterocycles. The summed E-state index contributed by atoms with van der Waals surface area (Å²) in [5, 5.41) is 0. The maximum absolute atomic E-state index is 13.2. The van der Waals surface area contributed by atoms with E-state index in [0.29, 0.717) is 6.54 Å². The van der Waals surface area contributed by atoms with Gasteiger partial charge in [0.05, 0.1) is 11.4 Å². The molecule has 2 heterocycles. The van der Waals surface area contributed by atoms with Gasteiger partial charge in [-0.3, -0.25) is 14.8 Å². The molecule has 1 atom stereocenters. The third kappa shape index (κ3) is 3.59. The van der Waals surface area contributed by atoms with E-state index in [-0.39, 0.29) is 24.2 Å². The highest BCUT2D eigenvalue weighted by Crippen LogP contribution is 2.31. The zero-order valence-electron chi connectivity index (χ0n) is 13.6. The fraction of sp³-hybridized carbons (Fsp3) is 0.389. The smallest absolute Gasteiger partial charge is 0.248 e. The molecule has 0 N–H and O–H groups in total. The van der Waals surface area contributed by atoms with Crippen molar-refractivity contribution in [2.24, 2.45) is 0 Å². The van der Waals surface area contributed by atoms with Gasteiger partial charge in [0.2, 0.25) is 5.91 Å². The van der Waals surface area contributed by atoms with E-state index < -0.39 is 0 Å². The Kier molecular flexibility index (Phi) is 5.15. The van der Waals surface area contributed by atoms with Crippen LogP contribution in [-0.4, -0.2) is 47.6 Å². The van der Waals surface area contributed by atoms with Gasteiger partial charge in [0.15, 0.2) is 0 Å². The van der Waals surface area contributed by atoms with Crippen LogP contribution in [0.1, 0.15) is 24.5 Å². The second-order valence-corrected chi connectivity index (χ2v) is 5.91. The van der Waals surface area contributed by atoms with Gasteiger partial charge in [-0.15, -0.1) is 0 Å². The van der Waals surface area contributed by atoms with Crippen molar-refractivity contribution in [1.29, 1.82) is 0 Å². The van der Waals surface area contributed by atoms with Crippen molar-refractivity contribution < 1.29 is 13.9 Å². The fourth-order valence-corrected chi connectivity index (χ4v) is 3.12. The molecule has 0 bridgehead atoms. The Morgan fingerprint density at radius 3 is 2.79 bits per heavy atom. The largest absolute Gasteiger partial charge is 0.375 e. The molecule has 126 valence electrons. The van der Waals surface area contributed by atoms with Crippen LogP contribution in [0.25, 0.3) is 11.3 Å². The lowest BCUT2D eigenvalue weighted by Crippen LogP contribution is -2.41. The molecule has 0 radical (unpaired) electrons. The van der Waals surface area contributed by atoms with Gasteiger partial charge in [-0.1, -0.05) is 0 Å². The predicted octanol–water partition coefficient (Wildman–Crippen LogP) is 2.64. The molecule has 5 nitrogen and oxygen atoms in total. The normalized spacial score (nSPS) is 17.8. The summed E-state index contributed by atoms with van der Waals surface area (Å²) in [6.45, 7) is 1.44. The van der Waals surface area contributed by atoms with E-state index in [4.69, 9.17) is 4.74 Å². The lowest BCUT2D eigenvalue weighted by atomic mass is 9.91. The van der Waals surface area contributed by atoms with Gasteiger partial charge in [0.1, 0.15) is 12.4 Å². The molecular formula is C18H20FN3O2. The number of benzene rings is 1. The van der Waals surface area contributed by atoms with Gasteiger partial charge in [-0.2, -0.15) is 0 Å². The Balaban J connectivity index is 1.86. The van der Waals surface area contributed by atoms with Crippen molar-refractivity contribution in [2.75, 3.05) is 26.8 Å². The van der Waals surface area contributed by atoms with Crippen molar-refractivity contribution >= 4 is 5.91 Å². The van der Waals surface area contributed by atoms with E-state index >= 15 is 0 Å². The number of likely N-dealkylation sites (tertiary alicyclic amines) is 1. The Morgan fingerprint density at radius 1 is 1.29 bits per heavy atom. The SMILES string of the molecule is COCC(=O)N1CCCC(c2nccnc2-c2ccc(F)cc2)C1. The minimum absolute atomic E-state index is 0.00516. The number of aromatic nitrogens is 2. The van der Waals surface area contributed by atoms with Crippen LogP contribution in [-0.2, 0) is 9.53 Å². The summed E-state index contributed by atoms with van der Waals surface area (Å²) >= 11 is 0. The first-order valence-electron chi connectivity index (χ1n) is 8.02. The number of amides is 1. The van der Waals surface area contributed by atoms with Gasteiger partial charge < -0.3 is 9.64 Å². The Labute approximate surface area is 140 Å². The summed E-state index contributed by atoms with van der Waals surface area (Å²) in [5.41, 5.74) is 2.45. The van der Waals surface area contributed by atoms with Crippen molar-refractivity contribution in [3.63, 3.8) is 0 Å². The molecule has 1 fully saturated rings. The molecule has 0 spiro atoms. The van der Waals surface area contributed by atoms with E-state index in [9.17, 15) is 9.18 Å². The van der Waals surface area contributed by atoms with Crippen molar-refractivity contribution in [3.8, 4) is 11.3 Å². The fourth-order valence-electron chi connectivity index (χ4n) is 3.12. The predicted molar refractivity (Wildman–Crippen MR) is 87.9 cm³/mol. The second kappa shape index (κ2) is 7.49. The van der Waals surface area contributed by atoms with Crippen LogP contribution in [0, 0.1) is 5.82 Å². The number of methoxy groups -OCH3 is 1. The minimum atomic E-state index is -0.279. The van der Waals surface area contributed by atoms with Gasteiger partial charge in [-0.05, 0) is 37.1 Å². The first-order chi connectivity index (χ1) is 11.7. The molecule has 24 heavy (non-hydrogen) atoms. The number of halogens is 1. The van der Waals surface area contributed by atoms with Gasteiger partial charge in [0, 0.05) is 44.1 Å². The quantitative estimate of drug-likeness (QED) is 0.865. The van der Waals surface area contributed by atoms with E-state index in [2.05, 4.69) is 9.97 Å². The van der Waals surface area contributed by atoms with E-state index in [1.807, 2.05) is 4.90 Å². The zero-order valence-corrected chi connectivity index (χ0v) is 13.6. The number of ether oxygens (including phenoxy) is 1. The number of piperidine rings is 1. The number of carbonyl (C=O) groups is 1. The molecule has 0 saturated carbocycles. The van der Waals surface area contributed by atoms with Gasteiger partial charge in [0.25, 0.3) is 0 Å². The Bertz CT molecular complexity index is 706. The average Bonchev–Trinajstić information content (AvgIpc) is 2.63. The third-order valence-electron chi connectivity index (χ3n) is 4.27. The van der Waals surface area contributed by atoms with Gasteiger partial charge >= 0.3 is 0 Å². The van der Waals surface area contributed by atoms with Crippen LogP contribution >= 0.6 is 0 Å². The van der Waals surface area contributed by atoms with E-state index in [1.54, 1.807) is 24.5 Å². The summed E-state index contributed by atoms with van der Waals surface area (Å²) in [6, 6.07) is 6.26. The summed E-state index contributed by atoms with van der Waals surface area (Å²) < 4.78 is 18.1. The summed E-state index contributed by atoms with van der Waals surface area (Å²) in [5.74, 6) is -0.166. The second-order valence-electron chi connectivity index (χ2n) is 5.91. The number of hydrogen-bond acceptors (Lipinski definition) is 4. The highest BCUT2D eigenvalue weighted by atomic mass is 19.1. The van der Waals surface area contributed by atoms with E-state index in [0.717, 1.165) is 36.3 Å².